The minimum absolute atomic E-state index is 0.0282. The molecule has 1 N–H and O–H groups in total. The van der Waals surface area contributed by atoms with Gasteiger partial charge in [-0.05, 0) is 31.2 Å². The molecule has 1 aliphatic rings. The third-order valence-electron chi connectivity index (χ3n) is 5.82. The molecule has 0 saturated carbocycles. The van der Waals surface area contributed by atoms with Crippen LogP contribution in [0.1, 0.15) is 21.5 Å². The Morgan fingerprint density at radius 3 is 2.51 bits per heavy atom. The molecule has 0 spiro atoms. The number of carbonyl (C=O) groups is 2. The smallest absolute Gasteiger partial charge is 0.257 e. The van der Waals surface area contributed by atoms with Crippen molar-refractivity contribution in [2.45, 2.75) is 13.5 Å². The van der Waals surface area contributed by atoms with Crippen molar-refractivity contribution in [2.24, 2.45) is 0 Å². The van der Waals surface area contributed by atoms with Gasteiger partial charge in [0.15, 0.2) is 0 Å². The molecule has 4 rings (SSSR count). The third-order valence-corrected chi connectivity index (χ3v) is 7.07. The Morgan fingerprint density at radius 1 is 1.11 bits per heavy atom. The average molecular weight is 500 g/mol. The summed E-state index contributed by atoms with van der Waals surface area (Å²) in [7, 11) is 1.68. The van der Waals surface area contributed by atoms with Crippen molar-refractivity contribution in [3.05, 3.63) is 76.9 Å². The van der Waals surface area contributed by atoms with Crippen LogP contribution in [0.25, 0.3) is 10.4 Å². The van der Waals surface area contributed by atoms with Crippen LogP contribution in [0.15, 0.2) is 48.5 Å². The molecular weight excluding hydrogens is 472 g/mol. The van der Waals surface area contributed by atoms with Crippen LogP contribution in [0.5, 0.6) is 0 Å². The number of thiophene rings is 1. The second-order valence-corrected chi connectivity index (χ2v) is 9.51. The molecule has 0 unspecified atom stereocenters. The zero-order valence-corrected chi connectivity index (χ0v) is 20.5. The molecule has 1 saturated heterocycles. The molecule has 2 amide bonds. The number of halogens is 2. The van der Waals surface area contributed by atoms with Gasteiger partial charge in [0.25, 0.3) is 5.91 Å². The minimum atomic E-state index is -0.656. The van der Waals surface area contributed by atoms with E-state index in [1.165, 1.54) is 23.5 Å². The van der Waals surface area contributed by atoms with Gasteiger partial charge in [-0.15, -0.1) is 11.3 Å². The predicted octanol–water partition coefficient (Wildman–Crippen LogP) is 4.54. The zero-order chi connectivity index (χ0) is 24.9. The van der Waals surface area contributed by atoms with Gasteiger partial charge in [0.1, 0.15) is 16.6 Å². The van der Waals surface area contributed by atoms with Gasteiger partial charge in [0.2, 0.25) is 5.91 Å². The molecule has 1 fully saturated rings. The Balaban J connectivity index is 1.55. The highest BCUT2D eigenvalue weighted by atomic mass is 32.1. The maximum atomic E-state index is 14.0. The Bertz CT molecular complexity index is 1210. The van der Waals surface area contributed by atoms with Crippen molar-refractivity contribution in [3.8, 4) is 10.4 Å². The van der Waals surface area contributed by atoms with Gasteiger partial charge < -0.3 is 15.0 Å². The fraction of sp³-hybridized carbons (Fsp3) is 0.308. The molecule has 184 valence electrons. The second-order valence-electron chi connectivity index (χ2n) is 8.49. The molecule has 1 aliphatic heterocycles. The van der Waals surface area contributed by atoms with E-state index in [9.17, 15) is 18.4 Å². The number of morpholine rings is 1. The van der Waals surface area contributed by atoms with Crippen molar-refractivity contribution in [1.82, 2.24) is 9.80 Å². The number of nitrogens with one attached hydrogen (secondary N) is 1. The maximum absolute atomic E-state index is 14.0. The fourth-order valence-electron chi connectivity index (χ4n) is 4.06. The molecule has 0 bridgehead atoms. The largest absolute Gasteiger partial charge is 0.378 e. The SMILES string of the molecule is Cc1c(-c2ccccc2)sc(NC(=O)CN(C)Cc2ccc(F)cc2F)c1C(=O)N1CCOCC1. The minimum Gasteiger partial charge on any atom is -0.378 e. The van der Waals surface area contributed by atoms with Gasteiger partial charge in [0, 0.05) is 36.1 Å². The summed E-state index contributed by atoms with van der Waals surface area (Å²) in [6, 6.07) is 13.1. The highest BCUT2D eigenvalue weighted by molar-refractivity contribution is 7.20. The lowest BCUT2D eigenvalue weighted by atomic mass is 10.1. The van der Waals surface area contributed by atoms with Gasteiger partial charge in [-0.25, -0.2) is 8.78 Å². The van der Waals surface area contributed by atoms with Crippen LogP contribution in [0, 0.1) is 18.6 Å². The zero-order valence-electron chi connectivity index (χ0n) is 19.6. The quantitative estimate of drug-likeness (QED) is 0.518. The highest BCUT2D eigenvalue weighted by Crippen LogP contribution is 2.40. The molecule has 9 heteroatoms. The number of likely N-dealkylation sites (N-methyl/N-ethyl adjacent to an activating group) is 1. The van der Waals surface area contributed by atoms with Crippen LogP contribution in [-0.2, 0) is 16.1 Å². The summed E-state index contributed by atoms with van der Waals surface area (Å²) in [5.74, 6) is -1.77. The first kappa shape index (κ1) is 25.0. The Hall–Kier alpha value is -3.14. The Labute approximate surface area is 207 Å². The summed E-state index contributed by atoms with van der Waals surface area (Å²) in [5.41, 5.74) is 2.56. The molecule has 3 aromatic rings. The number of nitrogens with zero attached hydrogens (tertiary/aromatic N) is 2. The van der Waals surface area contributed by atoms with E-state index < -0.39 is 11.6 Å². The van der Waals surface area contributed by atoms with Gasteiger partial charge >= 0.3 is 0 Å². The molecular formula is C26H27F2N3O3S. The lowest BCUT2D eigenvalue weighted by Gasteiger charge is -2.27. The van der Waals surface area contributed by atoms with Crippen LogP contribution in [0.4, 0.5) is 13.8 Å². The van der Waals surface area contributed by atoms with Crippen LogP contribution in [-0.4, -0.2) is 61.5 Å². The summed E-state index contributed by atoms with van der Waals surface area (Å²) < 4.78 is 32.6. The summed E-state index contributed by atoms with van der Waals surface area (Å²) in [5, 5.41) is 3.40. The Morgan fingerprint density at radius 2 is 1.83 bits per heavy atom. The van der Waals surface area contributed by atoms with Gasteiger partial charge in [-0.1, -0.05) is 36.4 Å². The van der Waals surface area contributed by atoms with Crippen LogP contribution in [0.3, 0.4) is 0 Å². The molecule has 6 nitrogen and oxygen atoms in total. The number of ether oxygens (including phenoxy) is 1. The summed E-state index contributed by atoms with van der Waals surface area (Å²) in [6.07, 6.45) is 0. The standard InChI is InChI=1S/C26H27F2N3O3S/c1-17-23(26(33)31-10-12-34-13-11-31)25(35-24(17)18-6-4-3-5-7-18)29-22(32)16-30(2)15-19-8-9-20(27)14-21(19)28/h3-9,14H,10-13,15-16H2,1-2H3,(H,29,32). The van der Waals surface area contributed by atoms with E-state index in [4.69, 9.17) is 4.74 Å². The topological polar surface area (TPSA) is 61.9 Å². The lowest BCUT2D eigenvalue weighted by molar-refractivity contribution is -0.117. The van der Waals surface area contributed by atoms with E-state index in [-0.39, 0.29) is 24.9 Å². The molecule has 0 aliphatic carbocycles. The number of anilines is 1. The van der Waals surface area contributed by atoms with E-state index in [0.717, 1.165) is 22.1 Å². The first-order chi connectivity index (χ1) is 16.8. The highest BCUT2D eigenvalue weighted by Gasteiger charge is 2.28. The van der Waals surface area contributed by atoms with Crippen molar-refractivity contribution in [1.29, 1.82) is 0 Å². The average Bonchev–Trinajstić information content (AvgIpc) is 3.16. The fourth-order valence-corrected chi connectivity index (χ4v) is 5.28. The number of rotatable bonds is 7. The van der Waals surface area contributed by atoms with Crippen LogP contribution >= 0.6 is 11.3 Å². The Kier molecular flexibility index (Phi) is 7.90. The normalized spacial score (nSPS) is 13.8. The van der Waals surface area contributed by atoms with Crippen molar-refractivity contribution in [2.75, 3.05) is 45.2 Å². The van der Waals surface area contributed by atoms with E-state index in [1.807, 2.05) is 37.3 Å². The molecule has 0 radical (unpaired) electrons. The summed E-state index contributed by atoms with van der Waals surface area (Å²) >= 11 is 1.36. The van der Waals surface area contributed by atoms with Gasteiger partial charge in [-0.2, -0.15) is 0 Å². The van der Waals surface area contributed by atoms with E-state index in [1.54, 1.807) is 16.8 Å². The second kappa shape index (κ2) is 11.1. The van der Waals surface area contributed by atoms with Gasteiger partial charge in [0.05, 0.1) is 25.3 Å². The molecule has 35 heavy (non-hydrogen) atoms. The third kappa shape index (κ3) is 5.93. The van der Waals surface area contributed by atoms with E-state index in [0.29, 0.717) is 42.4 Å². The number of hydrogen-bond donors (Lipinski definition) is 1. The number of carbonyl (C=O) groups excluding carboxylic acids is 2. The molecule has 2 aromatic carbocycles. The molecule has 2 heterocycles. The number of amides is 2. The predicted molar refractivity (Wildman–Crippen MR) is 133 cm³/mol. The van der Waals surface area contributed by atoms with E-state index in [2.05, 4.69) is 5.32 Å². The maximum Gasteiger partial charge on any atom is 0.257 e. The van der Waals surface area contributed by atoms with Crippen molar-refractivity contribution in [3.63, 3.8) is 0 Å². The summed E-state index contributed by atoms with van der Waals surface area (Å²) in [4.78, 5) is 30.6. The lowest BCUT2D eigenvalue weighted by Crippen LogP contribution is -2.41. The monoisotopic (exact) mass is 499 g/mol. The first-order valence-corrected chi connectivity index (χ1v) is 12.1. The number of benzene rings is 2. The van der Waals surface area contributed by atoms with Crippen LogP contribution < -0.4 is 5.32 Å². The number of hydrogen-bond acceptors (Lipinski definition) is 5. The van der Waals surface area contributed by atoms with E-state index >= 15 is 0 Å². The van der Waals surface area contributed by atoms with Crippen LogP contribution in [0.2, 0.25) is 0 Å². The molecule has 1 aromatic heterocycles. The first-order valence-electron chi connectivity index (χ1n) is 11.3. The summed E-state index contributed by atoms with van der Waals surface area (Å²) in [6.45, 7) is 3.95. The molecule has 0 atom stereocenters. The van der Waals surface area contributed by atoms with Gasteiger partial charge in [-0.3, -0.25) is 14.5 Å². The van der Waals surface area contributed by atoms with Crippen molar-refractivity contribution < 1.29 is 23.1 Å². The van der Waals surface area contributed by atoms with Crippen molar-refractivity contribution >= 4 is 28.2 Å².